The molecule has 3 heteroatoms. The highest BCUT2D eigenvalue weighted by Gasteiger charge is 2.38. The zero-order chi connectivity index (χ0) is 9.19. The first-order chi connectivity index (χ1) is 5.56. The molecule has 0 aliphatic heterocycles. The number of hydrogen-bond donors (Lipinski definition) is 2. The van der Waals surface area contributed by atoms with Crippen molar-refractivity contribution in [2.24, 2.45) is 16.1 Å². The van der Waals surface area contributed by atoms with Crippen molar-refractivity contribution in [2.75, 3.05) is 6.54 Å². The Balaban J connectivity index is 2.37. The van der Waals surface area contributed by atoms with Gasteiger partial charge in [0, 0.05) is 12.6 Å². The van der Waals surface area contributed by atoms with E-state index in [-0.39, 0.29) is 0 Å². The first kappa shape index (κ1) is 9.36. The van der Waals surface area contributed by atoms with Gasteiger partial charge in [0.2, 0.25) is 0 Å². The van der Waals surface area contributed by atoms with Crippen molar-refractivity contribution in [3.05, 3.63) is 0 Å². The van der Waals surface area contributed by atoms with Gasteiger partial charge >= 0.3 is 0 Å². The predicted molar refractivity (Wildman–Crippen MR) is 52.1 cm³/mol. The third kappa shape index (κ3) is 1.90. The van der Waals surface area contributed by atoms with Crippen molar-refractivity contribution in [2.45, 2.75) is 39.7 Å². The highest BCUT2D eigenvalue weighted by Crippen LogP contribution is 2.39. The SMILES string of the molecule is CCN=C(N)NC1CCC1(C)C. The molecule has 1 atom stereocenters. The molecule has 0 heterocycles. The maximum atomic E-state index is 5.65. The molecule has 0 aromatic rings. The Labute approximate surface area is 74.4 Å². The molecule has 1 aliphatic rings. The molecule has 12 heavy (non-hydrogen) atoms. The lowest BCUT2D eigenvalue weighted by Crippen LogP contribution is -2.54. The van der Waals surface area contributed by atoms with Crippen LogP contribution in [0, 0.1) is 5.41 Å². The van der Waals surface area contributed by atoms with Gasteiger partial charge in [-0.15, -0.1) is 0 Å². The van der Waals surface area contributed by atoms with E-state index in [4.69, 9.17) is 5.73 Å². The van der Waals surface area contributed by atoms with Crippen molar-refractivity contribution in [1.29, 1.82) is 0 Å². The van der Waals surface area contributed by atoms with E-state index >= 15 is 0 Å². The normalized spacial score (nSPS) is 27.9. The van der Waals surface area contributed by atoms with Gasteiger partial charge in [-0.3, -0.25) is 4.99 Å². The molecule has 1 aliphatic carbocycles. The van der Waals surface area contributed by atoms with Gasteiger partial charge in [0.05, 0.1) is 0 Å². The summed E-state index contributed by atoms with van der Waals surface area (Å²) in [4.78, 5) is 4.10. The largest absolute Gasteiger partial charge is 0.370 e. The van der Waals surface area contributed by atoms with Crippen LogP contribution in [0.4, 0.5) is 0 Å². The molecule has 0 aromatic carbocycles. The number of rotatable bonds is 2. The monoisotopic (exact) mass is 169 g/mol. The van der Waals surface area contributed by atoms with Crippen LogP contribution in [-0.2, 0) is 0 Å². The van der Waals surface area contributed by atoms with Gasteiger partial charge in [-0.25, -0.2) is 0 Å². The molecule has 70 valence electrons. The molecule has 3 nitrogen and oxygen atoms in total. The van der Waals surface area contributed by atoms with Crippen molar-refractivity contribution in [1.82, 2.24) is 5.32 Å². The van der Waals surface area contributed by atoms with Crippen LogP contribution in [0.25, 0.3) is 0 Å². The molecular formula is C9H19N3. The highest BCUT2D eigenvalue weighted by molar-refractivity contribution is 5.78. The molecule has 0 bridgehead atoms. The van der Waals surface area contributed by atoms with Crippen molar-refractivity contribution in [3.63, 3.8) is 0 Å². The topological polar surface area (TPSA) is 50.4 Å². The lowest BCUT2D eigenvalue weighted by Gasteiger charge is -2.45. The summed E-state index contributed by atoms with van der Waals surface area (Å²) < 4.78 is 0. The number of nitrogens with two attached hydrogens (primary N) is 1. The lowest BCUT2D eigenvalue weighted by atomic mass is 9.67. The van der Waals surface area contributed by atoms with Gasteiger partial charge in [0.15, 0.2) is 5.96 Å². The summed E-state index contributed by atoms with van der Waals surface area (Å²) in [6.07, 6.45) is 2.50. The van der Waals surface area contributed by atoms with Gasteiger partial charge in [0.1, 0.15) is 0 Å². The molecule has 1 fully saturated rings. The van der Waals surface area contributed by atoms with Crippen molar-refractivity contribution in [3.8, 4) is 0 Å². The van der Waals surface area contributed by atoms with E-state index in [0.717, 1.165) is 6.54 Å². The Morgan fingerprint density at radius 2 is 2.33 bits per heavy atom. The third-order valence-corrected chi connectivity index (χ3v) is 2.67. The Morgan fingerprint density at radius 3 is 2.67 bits per heavy atom. The van der Waals surface area contributed by atoms with Gasteiger partial charge in [0.25, 0.3) is 0 Å². The molecule has 1 unspecified atom stereocenters. The third-order valence-electron chi connectivity index (χ3n) is 2.67. The molecule has 1 rings (SSSR count). The van der Waals surface area contributed by atoms with Crippen LogP contribution in [0.1, 0.15) is 33.6 Å². The lowest BCUT2D eigenvalue weighted by molar-refractivity contribution is 0.126. The maximum absolute atomic E-state index is 5.65. The smallest absolute Gasteiger partial charge is 0.188 e. The van der Waals surface area contributed by atoms with E-state index in [9.17, 15) is 0 Å². The standard InChI is InChI=1S/C9H19N3/c1-4-11-8(10)12-7-5-6-9(7,2)3/h7H,4-6H2,1-3H3,(H3,10,11,12). The van der Waals surface area contributed by atoms with Crippen LogP contribution >= 0.6 is 0 Å². The summed E-state index contributed by atoms with van der Waals surface area (Å²) in [7, 11) is 0. The second-order valence-corrected chi connectivity index (χ2v) is 4.08. The zero-order valence-corrected chi connectivity index (χ0v) is 8.22. The average molecular weight is 169 g/mol. The van der Waals surface area contributed by atoms with Crippen LogP contribution in [0.15, 0.2) is 4.99 Å². The van der Waals surface area contributed by atoms with Gasteiger partial charge in [-0.1, -0.05) is 13.8 Å². The minimum atomic E-state index is 0.397. The Hall–Kier alpha value is -0.730. The molecule has 0 amide bonds. The first-order valence-corrected chi connectivity index (χ1v) is 4.62. The fourth-order valence-electron chi connectivity index (χ4n) is 1.53. The van der Waals surface area contributed by atoms with E-state index in [1.165, 1.54) is 12.8 Å². The second kappa shape index (κ2) is 3.33. The van der Waals surface area contributed by atoms with E-state index in [1.54, 1.807) is 0 Å². The van der Waals surface area contributed by atoms with Crippen LogP contribution in [0.2, 0.25) is 0 Å². The molecule has 0 radical (unpaired) electrons. The molecule has 0 saturated heterocycles. The summed E-state index contributed by atoms with van der Waals surface area (Å²) in [5, 5.41) is 3.24. The molecule has 0 spiro atoms. The minimum absolute atomic E-state index is 0.397. The number of nitrogens with zero attached hydrogens (tertiary/aromatic N) is 1. The predicted octanol–water partition coefficient (Wildman–Crippen LogP) is 1.10. The van der Waals surface area contributed by atoms with Gasteiger partial charge < -0.3 is 11.1 Å². The number of guanidine groups is 1. The Bertz CT molecular complexity index is 184. The summed E-state index contributed by atoms with van der Waals surface area (Å²) in [6, 6.07) is 0.521. The minimum Gasteiger partial charge on any atom is -0.370 e. The maximum Gasteiger partial charge on any atom is 0.188 e. The summed E-state index contributed by atoms with van der Waals surface area (Å²) >= 11 is 0. The zero-order valence-electron chi connectivity index (χ0n) is 8.22. The quantitative estimate of drug-likeness (QED) is 0.480. The average Bonchev–Trinajstić information content (AvgIpc) is 1.99. The molecule has 0 aromatic heterocycles. The fourth-order valence-corrected chi connectivity index (χ4v) is 1.53. The van der Waals surface area contributed by atoms with Crippen LogP contribution in [0.3, 0.4) is 0 Å². The summed E-state index contributed by atoms with van der Waals surface area (Å²) in [5.74, 6) is 0.593. The number of aliphatic imine (C=N–C) groups is 1. The summed E-state index contributed by atoms with van der Waals surface area (Å²) in [6.45, 7) is 7.26. The van der Waals surface area contributed by atoms with Crippen LogP contribution in [-0.4, -0.2) is 18.5 Å². The molecule has 1 saturated carbocycles. The Kier molecular flexibility index (Phi) is 2.60. The van der Waals surface area contributed by atoms with E-state index in [1.807, 2.05) is 6.92 Å². The van der Waals surface area contributed by atoms with Crippen LogP contribution < -0.4 is 11.1 Å². The molecular weight excluding hydrogens is 150 g/mol. The van der Waals surface area contributed by atoms with Crippen molar-refractivity contribution < 1.29 is 0 Å². The first-order valence-electron chi connectivity index (χ1n) is 4.62. The van der Waals surface area contributed by atoms with Gasteiger partial charge in [-0.2, -0.15) is 0 Å². The molecule has 3 N–H and O–H groups in total. The van der Waals surface area contributed by atoms with Crippen LogP contribution in [0.5, 0.6) is 0 Å². The van der Waals surface area contributed by atoms with Gasteiger partial charge in [-0.05, 0) is 25.2 Å². The van der Waals surface area contributed by atoms with E-state index < -0.39 is 0 Å². The van der Waals surface area contributed by atoms with E-state index in [2.05, 4.69) is 24.2 Å². The van der Waals surface area contributed by atoms with Crippen molar-refractivity contribution >= 4 is 5.96 Å². The number of hydrogen-bond acceptors (Lipinski definition) is 1. The highest BCUT2D eigenvalue weighted by atomic mass is 15.1. The fraction of sp³-hybridized carbons (Fsp3) is 0.889. The number of nitrogens with one attached hydrogen (secondary N) is 1. The Morgan fingerprint density at radius 1 is 1.67 bits per heavy atom. The van der Waals surface area contributed by atoms with E-state index in [0.29, 0.717) is 17.4 Å². The summed E-state index contributed by atoms with van der Waals surface area (Å²) in [5.41, 5.74) is 6.05. The second-order valence-electron chi connectivity index (χ2n) is 4.08.